The second-order valence-corrected chi connectivity index (χ2v) is 6.54. The van der Waals surface area contributed by atoms with E-state index in [0.717, 1.165) is 30.4 Å². The topological polar surface area (TPSA) is 66.7 Å². The lowest BCUT2D eigenvalue weighted by Gasteiger charge is -2.24. The SMILES string of the molecule is CCNC(=NCc1ccccc1OCC)NCC(c1cnn(C)c1)N(C)C.I. The van der Waals surface area contributed by atoms with Crippen LogP contribution in [0.3, 0.4) is 0 Å². The summed E-state index contributed by atoms with van der Waals surface area (Å²) in [6.45, 7) is 6.80. The molecule has 0 spiro atoms. The molecule has 1 aromatic heterocycles. The van der Waals surface area contributed by atoms with Crippen molar-refractivity contribution in [3.05, 3.63) is 47.8 Å². The Kier molecular flexibility index (Phi) is 10.9. The number of rotatable bonds is 9. The number of guanidine groups is 1. The Morgan fingerprint density at radius 1 is 1.25 bits per heavy atom. The molecule has 0 aliphatic rings. The Hall–Kier alpha value is -1.81. The van der Waals surface area contributed by atoms with Crippen LogP contribution in [0.15, 0.2) is 41.7 Å². The Balaban J connectivity index is 0.00000392. The average molecular weight is 500 g/mol. The van der Waals surface area contributed by atoms with Crippen molar-refractivity contribution in [3.63, 3.8) is 0 Å². The van der Waals surface area contributed by atoms with E-state index >= 15 is 0 Å². The van der Waals surface area contributed by atoms with E-state index in [-0.39, 0.29) is 30.0 Å². The average Bonchev–Trinajstić information content (AvgIpc) is 3.07. The van der Waals surface area contributed by atoms with Gasteiger partial charge in [-0.3, -0.25) is 4.68 Å². The zero-order valence-electron chi connectivity index (χ0n) is 17.5. The van der Waals surface area contributed by atoms with Gasteiger partial charge in [-0.2, -0.15) is 5.10 Å². The molecule has 1 heterocycles. The predicted molar refractivity (Wildman–Crippen MR) is 125 cm³/mol. The van der Waals surface area contributed by atoms with Gasteiger partial charge in [-0.15, -0.1) is 24.0 Å². The number of aryl methyl sites for hydroxylation is 1. The van der Waals surface area contributed by atoms with E-state index in [1.807, 2.05) is 43.0 Å². The number of hydrogen-bond donors (Lipinski definition) is 2. The molecule has 1 atom stereocenters. The van der Waals surface area contributed by atoms with Crippen LogP contribution in [0, 0.1) is 0 Å². The van der Waals surface area contributed by atoms with Crippen LogP contribution >= 0.6 is 24.0 Å². The third-order valence-corrected chi connectivity index (χ3v) is 4.22. The molecule has 0 aliphatic heterocycles. The number of aromatic nitrogens is 2. The molecule has 0 fully saturated rings. The van der Waals surface area contributed by atoms with Crippen LogP contribution in [0.2, 0.25) is 0 Å². The molecular formula is C20H33IN6O. The van der Waals surface area contributed by atoms with E-state index in [9.17, 15) is 0 Å². The number of halogens is 1. The van der Waals surface area contributed by atoms with Gasteiger partial charge in [0.25, 0.3) is 0 Å². The predicted octanol–water partition coefficient (Wildman–Crippen LogP) is 2.79. The van der Waals surface area contributed by atoms with Crippen molar-refractivity contribution in [3.8, 4) is 5.75 Å². The quantitative estimate of drug-likeness (QED) is 0.315. The lowest BCUT2D eigenvalue weighted by molar-refractivity contribution is 0.298. The highest BCUT2D eigenvalue weighted by Gasteiger charge is 2.16. The van der Waals surface area contributed by atoms with Gasteiger partial charge in [0.05, 0.1) is 25.4 Å². The summed E-state index contributed by atoms with van der Waals surface area (Å²) < 4.78 is 7.52. The molecule has 7 nitrogen and oxygen atoms in total. The Labute approximate surface area is 185 Å². The number of benzene rings is 1. The van der Waals surface area contributed by atoms with Gasteiger partial charge in [0, 0.05) is 37.5 Å². The molecule has 0 aliphatic carbocycles. The normalized spacial score (nSPS) is 12.4. The van der Waals surface area contributed by atoms with E-state index < -0.39 is 0 Å². The second kappa shape index (κ2) is 12.6. The summed E-state index contributed by atoms with van der Waals surface area (Å²) in [5.74, 6) is 1.68. The van der Waals surface area contributed by atoms with Gasteiger partial charge in [-0.1, -0.05) is 18.2 Å². The van der Waals surface area contributed by atoms with Gasteiger partial charge in [0.2, 0.25) is 0 Å². The molecule has 1 aromatic carbocycles. The fourth-order valence-corrected chi connectivity index (χ4v) is 2.84. The molecule has 8 heteroatoms. The fraction of sp³-hybridized carbons (Fsp3) is 0.500. The molecule has 0 amide bonds. The first-order chi connectivity index (χ1) is 13.0. The highest BCUT2D eigenvalue weighted by atomic mass is 127. The van der Waals surface area contributed by atoms with Crippen LogP contribution in [0.1, 0.15) is 31.0 Å². The van der Waals surface area contributed by atoms with Crippen LogP contribution < -0.4 is 15.4 Å². The summed E-state index contributed by atoms with van der Waals surface area (Å²) in [6, 6.07) is 8.24. The molecule has 0 bridgehead atoms. The number of likely N-dealkylation sites (N-methyl/N-ethyl adjacent to an activating group) is 1. The third kappa shape index (κ3) is 7.31. The minimum Gasteiger partial charge on any atom is -0.494 e. The molecule has 2 aromatic rings. The van der Waals surface area contributed by atoms with E-state index in [1.54, 1.807) is 0 Å². The van der Waals surface area contributed by atoms with Crippen molar-refractivity contribution in [1.82, 2.24) is 25.3 Å². The molecule has 0 saturated carbocycles. The number of para-hydroxylation sites is 1. The number of nitrogens with zero attached hydrogens (tertiary/aromatic N) is 4. The Morgan fingerprint density at radius 3 is 2.61 bits per heavy atom. The molecule has 1 unspecified atom stereocenters. The highest BCUT2D eigenvalue weighted by molar-refractivity contribution is 14.0. The van der Waals surface area contributed by atoms with Gasteiger partial charge in [-0.25, -0.2) is 4.99 Å². The lowest BCUT2D eigenvalue weighted by atomic mass is 10.1. The minimum absolute atomic E-state index is 0. The minimum atomic E-state index is 0. The molecule has 156 valence electrons. The van der Waals surface area contributed by atoms with Crippen LogP contribution in [-0.4, -0.2) is 54.4 Å². The third-order valence-electron chi connectivity index (χ3n) is 4.22. The van der Waals surface area contributed by atoms with E-state index in [0.29, 0.717) is 13.2 Å². The van der Waals surface area contributed by atoms with Crippen molar-refractivity contribution >= 4 is 29.9 Å². The molecule has 0 radical (unpaired) electrons. The van der Waals surface area contributed by atoms with Gasteiger partial charge in [-0.05, 0) is 34.0 Å². The summed E-state index contributed by atoms with van der Waals surface area (Å²) in [5.41, 5.74) is 2.25. The zero-order chi connectivity index (χ0) is 19.6. The summed E-state index contributed by atoms with van der Waals surface area (Å²) >= 11 is 0. The van der Waals surface area contributed by atoms with Crippen molar-refractivity contribution in [1.29, 1.82) is 0 Å². The van der Waals surface area contributed by atoms with Crippen molar-refractivity contribution in [2.45, 2.75) is 26.4 Å². The van der Waals surface area contributed by atoms with E-state index in [4.69, 9.17) is 9.73 Å². The number of aliphatic imine (C=N–C) groups is 1. The van der Waals surface area contributed by atoms with Crippen LogP contribution in [0.4, 0.5) is 0 Å². The first-order valence-corrected chi connectivity index (χ1v) is 9.43. The fourth-order valence-electron chi connectivity index (χ4n) is 2.84. The number of nitrogens with one attached hydrogen (secondary N) is 2. The standard InChI is InChI=1S/C20H32N6O.HI/c1-6-21-20(22-12-16-10-8-9-11-19(16)27-7-2)23-14-18(25(3)4)17-13-24-26(5)15-17;/h8-11,13,15,18H,6-7,12,14H2,1-5H3,(H2,21,22,23);1H. The first kappa shape index (κ1) is 24.2. The van der Waals surface area contributed by atoms with Crippen LogP contribution in [-0.2, 0) is 13.6 Å². The Morgan fingerprint density at radius 2 is 2.00 bits per heavy atom. The van der Waals surface area contributed by atoms with Crippen molar-refractivity contribution < 1.29 is 4.74 Å². The van der Waals surface area contributed by atoms with Gasteiger partial charge < -0.3 is 20.3 Å². The summed E-state index contributed by atoms with van der Waals surface area (Å²) in [6.07, 6.45) is 3.96. The number of hydrogen-bond acceptors (Lipinski definition) is 4. The smallest absolute Gasteiger partial charge is 0.191 e. The van der Waals surface area contributed by atoms with E-state index in [1.165, 1.54) is 5.56 Å². The van der Waals surface area contributed by atoms with Crippen molar-refractivity contribution in [2.24, 2.45) is 12.0 Å². The molecular weight excluding hydrogens is 467 g/mol. The molecule has 2 N–H and O–H groups in total. The van der Waals surface area contributed by atoms with Gasteiger partial charge >= 0.3 is 0 Å². The molecule has 28 heavy (non-hydrogen) atoms. The largest absolute Gasteiger partial charge is 0.494 e. The monoisotopic (exact) mass is 500 g/mol. The lowest BCUT2D eigenvalue weighted by Crippen LogP contribution is -2.41. The van der Waals surface area contributed by atoms with E-state index in [2.05, 4.69) is 53.9 Å². The molecule has 0 saturated heterocycles. The highest BCUT2D eigenvalue weighted by Crippen LogP contribution is 2.19. The van der Waals surface area contributed by atoms with Crippen molar-refractivity contribution in [2.75, 3.05) is 33.8 Å². The maximum Gasteiger partial charge on any atom is 0.191 e. The van der Waals surface area contributed by atoms with Crippen LogP contribution in [0.5, 0.6) is 5.75 Å². The second-order valence-electron chi connectivity index (χ2n) is 6.54. The summed E-state index contributed by atoms with van der Waals surface area (Å²) in [4.78, 5) is 6.91. The zero-order valence-corrected chi connectivity index (χ0v) is 19.8. The van der Waals surface area contributed by atoms with Gasteiger partial charge in [0.1, 0.15) is 5.75 Å². The van der Waals surface area contributed by atoms with Crippen LogP contribution in [0.25, 0.3) is 0 Å². The maximum absolute atomic E-state index is 5.69. The van der Waals surface area contributed by atoms with Gasteiger partial charge in [0.15, 0.2) is 5.96 Å². The first-order valence-electron chi connectivity index (χ1n) is 9.43. The summed E-state index contributed by atoms with van der Waals surface area (Å²) in [7, 11) is 6.08. The summed E-state index contributed by atoms with van der Waals surface area (Å²) in [5, 5.41) is 11.1. The maximum atomic E-state index is 5.69. The molecule has 2 rings (SSSR count). The number of ether oxygens (including phenoxy) is 1. The Bertz CT molecular complexity index is 731.